The van der Waals surface area contributed by atoms with Crippen molar-refractivity contribution in [3.05, 3.63) is 33.8 Å². The molecule has 3 N–H and O–H groups in total. The van der Waals surface area contributed by atoms with Crippen LogP contribution in [-0.2, 0) is 0 Å². The van der Waals surface area contributed by atoms with Gasteiger partial charge in [-0.25, -0.2) is 0 Å². The van der Waals surface area contributed by atoms with Crippen molar-refractivity contribution in [2.75, 3.05) is 18.4 Å². The zero-order valence-electron chi connectivity index (χ0n) is 7.34. The number of aromatic nitrogens is 1. The molecule has 0 aromatic carbocycles. The van der Waals surface area contributed by atoms with Crippen LogP contribution in [0.2, 0.25) is 0 Å². The largest absolute Gasteiger partial charge is 0.619 e. The molecule has 0 aliphatic heterocycles. The van der Waals surface area contributed by atoms with E-state index in [1.807, 2.05) is 0 Å². The normalized spacial score (nSPS) is 9.79. The van der Waals surface area contributed by atoms with Crippen molar-refractivity contribution >= 4 is 11.4 Å². The molecule has 0 saturated heterocycles. The summed E-state index contributed by atoms with van der Waals surface area (Å²) in [5, 5.41) is 24.1. The summed E-state index contributed by atoms with van der Waals surface area (Å²) >= 11 is 0. The molecule has 76 valence electrons. The van der Waals surface area contributed by atoms with E-state index in [2.05, 4.69) is 5.32 Å². The smallest absolute Gasteiger partial charge is 0.304 e. The third-order valence-electron chi connectivity index (χ3n) is 1.57. The fourth-order valence-electron chi connectivity index (χ4n) is 0.972. The molecule has 7 heteroatoms. The highest BCUT2D eigenvalue weighted by atomic mass is 16.6. The summed E-state index contributed by atoms with van der Waals surface area (Å²) in [5.74, 6) is 0. The molecule has 0 fully saturated rings. The van der Waals surface area contributed by atoms with Gasteiger partial charge in [0.25, 0.3) is 0 Å². The maximum absolute atomic E-state index is 10.9. The maximum Gasteiger partial charge on any atom is 0.304 e. The third-order valence-corrected chi connectivity index (χ3v) is 1.57. The molecule has 7 nitrogen and oxygen atoms in total. The van der Waals surface area contributed by atoms with Crippen molar-refractivity contribution in [2.45, 2.75) is 0 Å². The Bertz CT molecular complexity index is 342. The molecular weight excluding hydrogens is 188 g/mol. The summed E-state index contributed by atoms with van der Waals surface area (Å²) in [4.78, 5) is 9.96. The van der Waals surface area contributed by atoms with Gasteiger partial charge in [-0.1, -0.05) is 0 Å². The van der Waals surface area contributed by atoms with E-state index in [-0.39, 0.29) is 11.4 Å². The van der Waals surface area contributed by atoms with Crippen molar-refractivity contribution < 1.29 is 9.65 Å². The van der Waals surface area contributed by atoms with Gasteiger partial charge in [0.1, 0.15) is 0 Å². The highest BCUT2D eigenvalue weighted by molar-refractivity contribution is 5.58. The molecule has 0 unspecified atom stereocenters. The van der Waals surface area contributed by atoms with Crippen molar-refractivity contribution in [2.24, 2.45) is 5.73 Å². The zero-order chi connectivity index (χ0) is 10.6. The third kappa shape index (κ3) is 2.30. The Morgan fingerprint density at radius 1 is 1.64 bits per heavy atom. The fourth-order valence-corrected chi connectivity index (χ4v) is 0.972. The minimum atomic E-state index is -0.557. The highest BCUT2D eigenvalue weighted by Gasteiger charge is 2.15. The number of nitro groups is 1. The number of hydrogen-bond acceptors (Lipinski definition) is 5. The molecule has 0 spiro atoms. The lowest BCUT2D eigenvalue weighted by Gasteiger charge is -2.04. The second-order valence-corrected chi connectivity index (χ2v) is 2.58. The average molecular weight is 198 g/mol. The maximum atomic E-state index is 10.9. The molecule has 0 bridgehead atoms. The first-order chi connectivity index (χ1) is 6.65. The minimum Gasteiger partial charge on any atom is -0.619 e. The SMILES string of the molecule is NCCNc1c[n+]([O-])ccc1[N+](=O)[O-]. The Labute approximate surface area is 79.9 Å². The van der Waals surface area contributed by atoms with Gasteiger partial charge in [0.15, 0.2) is 11.9 Å². The van der Waals surface area contributed by atoms with E-state index >= 15 is 0 Å². The molecule has 0 aliphatic rings. The average Bonchev–Trinajstić information content (AvgIpc) is 2.14. The van der Waals surface area contributed by atoms with Crippen LogP contribution in [0, 0.1) is 15.3 Å². The van der Waals surface area contributed by atoms with E-state index in [0.29, 0.717) is 17.8 Å². The van der Waals surface area contributed by atoms with E-state index in [4.69, 9.17) is 5.73 Å². The van der Waals surface area contributed by atoms with Crippen LogP contribution < -0.4 is 15.8 Å². The zero-order valence-corrected chi connectivity index (χ0v) is 7.34. The molecular formula is C7H10N4O3. The number of nitrogens with one attached hydrogen (secondary N) is 1. The van der Waals surface area contributed by atoms with Crippen LogP contribution in [0.3, 0.4) is 0 Å². The minimum absolute atomic E-state index is 0.134. The summed E-state index contributed by atoms with van der Waals surface area (Å²) in [6.07, 6.45) is 2.18. The summed E-state index contributed by atoms with van der Waals surface area (Å²) in [6, 6.07) is 1.14. The molecule has 0 aliphatic carbocycles. The number of anilines is 1. The van der Waals surface area contributed by atoms with Crippen molar-refractivity contribution in [3.63, 3.8) is 0 Å². The van der Waals surface area contributed by atoms with E-state index < -0.39 is 4.92 Å². The molecule has 1 aromatic rings. The van der Waals surface area contributed by atoms with Gasteiger partial charge in [-0.2, -0.15) is 4.73 Å². The summed E-state index contributed by atoms with van der Waals surface area (Å²) < 4.78 is 0.492. The van der Waals surface area contributed by atoms with E-state index in [1.165, 1.54) is 0 Å². The van der Waals surface area contributed by atoms with Crippen LogP contribution >= 0.6 is 0 Å². The predicted molar refractivity (Wildman–Crippen MR) is 49.6 cm³/mol. The van der Waals surface area contributed by atoms with Crippen molar-refractivity contribution in [1.29, 1.82) is 0 Å². The Morgan fingerprint density at radius 2 is 2.36 bits per heavy atom. The van der Waals surface area contributed by atoms with Gasteiger partial charge in [0, 0.05) is 13.1 Å². The summed E-state index contributed by atoms with van der Waals surface area (Å²) in [5.41, 5.74) is 5.27. The lowest BCUT2D eigenvalue weighted by Crippen LogP contribution is -2.26. The van der Waals surface area contributed by atoms with Gasteiger partial charge >= 0.3 is 5.69 Å². The van der Waals surface area contributed by atoms with Gasteiger partial charge in [0.05, 0.1) is 11.0 Å². The molecule has 0 atom stereocenters. The van der Waals surface area contributed by atoms with E-state index in [1.54, 1.807) is 0 Å². The monoisotopic (exact) mass is 198 g/mol. The molecule has 0 radical (unpaired) electrons. The predicted octanol–water partition coefficient (Wildman–Crippen LogP) is -0.401. The van der Waals surface area contributed by atoms with Gasteiger partial charge in [-0.3, -0.25) is 10.1 Å². The van der Waals surface area contributed by atoms with Crippen molar-refractivity contribution in [1.82, 2.24) is 0 Å². The van der Waals surface area contributed by atoms with Gasteiger partial charge < -0.3 is 16.3 Å². The number of nitrogens with two attached hydrogens (primary N) is 1. The molecule has 14 heavy (non-hydrogen) atoms. The van der Waals surface area contributed by atoms with Gasteiger partial charge in [0.2, 0.25) is 6.20 Å². The Morgan fingerprint density at radius 3 is 2.93 bits per heavy atom. The molecule has 1 aromatic heterocycles. The Kier molecular flexibility index (Phi) is 3.19. The van der Waals surface area contributed by atoms with Gasteiger partial charge in [-0.15, -0.1) is 0 Å². The van der Waals surface area contributed by atoms with Gasteiger partial charge in [-0.05, 0) is 0 Å². The molecule has 1 heterocycles. The standard InChI is InChI=1S/C7H10N4O3/c8-2-3-9-6-5-10(12)4-1-7(6)11(13)14/h1,4-5,9H,2-3,8H2. The number of pyridine rings is 1. The molecule has 0 saturated carbocycles. The van der Waals surface area contributed by atoms with Crippen LogP contribution in [0.25, 0.3) is 0 Å². The van der Waals surface area contributed by atoms with E-state index in [9.17, 15) is 15.3 Å². The molecule has 1 rings (SSSR count). The number of nitrogens with zero attached hydrogens (tertiary/aromatic N) is 2. The second kappa shape index (κ2) is 4.38. The fraction of sp³-hybridized carbons (Fsp3) is 0.286. The van der Waals surface area contributed by atoms with E-state index in [0.717, 1.165) is 18.5 Å². The summed E-state index contributed by atoms with van der Waals surface area (Å²) in [6.45, 7) is 0.718. The highest BCUT2D eigenvalue weighted by Crippen LogP contribution is 2.20. The van der Waals surface area contributed by atoms with Crippen LogP contribution in [0.15, 0.2) is 18.5 Å². The summed E-state index contributed by atoms with van der Waals surface area (Å²) in [7, 11) is 0. The lowest BCUT2D eigenvalue weighted by molar-refractivity contribution is -0.605. The van der Waals surface area contributed by atoms with Crippen LogP contribution in [0.4, 0.5) is 11.4 Å². The first-order valence-electron chi connectivity index (χ1n) is 3.96. The Hall–Kier alpha value is -1.89. The van der Waals surface area contributed by atoms with Crippen LogP contribution in [0.1, 0.15) is 0 Å². The van der Waals surface area contributed by atoms with Crippen molar-refractivity contribution in [3.8, 4) is 0 Å². The number of rotatable bonds is 4. The lowest BCUT2D eigenvalue weighted by atomic mass is 10.3. The first kappa shape index (κ1) is 10.2. The second-order valence-electron chi connectivity index (χ2n) is 2.58. The van der Waals surface area contributed by atoms with Crippen LogP contribution in [0.5, 0.6) is 0 Å². The number of hydrogen-bond donors (Lipinski definition) is 2. The topological polar surface area (TPSA) is 108 Å². The first-order valence-corrected chi connectivity index (χ1v) is 3.96. The van der Waals surface area contributed by atoms with Crippen LogP contribution in [-0.4, -0.2) is 18.0 Å². The quantitative estimate of drug-likeness (QED) is 0.296. The Balaban J connectivity index is 2.97. The molecule has 0 amide bonds.